The minimum absolute atomic E-state index is 0.668. The first-order chi connectivity index (χ1) is 5.83. The van der Waals surface area contributed by atoms with E-state index in [0.29, 0.717) is 6.04 Å². The van der Waals surface area contributed by atoms with E-state index in [1.807, 2.05) is 6.08 Å². The Balaban J connectivity index is 1.86. The zero-order chi connectivity index (χ0) is 8.81. The Hall–Kier alpha value is -0.300. The van der Waals surface area contributed by atoms with Crippen molar-refractivity contribution in [2.24, 2.45) is 5.92 Å². The van der Waals surface area contributed by atoms with E-state index in [9.17, 15) is 0 Å². The van der Waals surface area contributed by atoms with Crippen molar-refractivity contribution in [1.82, 2.24) is 5.32 Å². The van der Waals surface area contributed by atoms with Crippen molar-refractivity contribution >= 4 is 0 Å². The van der Waals surface area contributed by atoms with Crippen LogP contribution in [-0.2, 0) is 0 Å². The SMILES string of the molecule is C=CCCC(C)NCCC1CC1. The molecule has 0 aromatic heterocycles. The van der Waals surface area contributed by atoms with Crippen molar-refractivity contribution in [3.63, 3.8) is 0 Å². The quantitative estimate of drug-likeness (QED) is 0.575. The minimum atomic E-state index is 0.668. The third-order valence-electron chi connectivity index (χ3n) is 2.55. The standard InChI is InChI=1S/C11H21N/c1-3-4-5-10(2)12-9-8-11-6-7-11/h3,10-12H,1,4-9H2,2H3. The normalized spacial score (nSPS) is 19.1. The van der Waals surface area contributed by atoms with Crippen molar-refractivity contribution in [3.8, 4) is 0 Å². The number of hydrogen-bond donors (Lipinski definition) is 1. The molecule has 0 saturated heterocycles. The first-order valence-corrected chi connectivity index (χ1v) is 5.17. The summed E-state index contributed by atoms with van der Waals surface area (Å²) >= 11 is 0. The van der Waals surface area contributed by atoms with Gasteiger partial charge in [-0.1, -0.05) is 18.9 Å². The highest BCUT2D eigenvalue weighted by Gasteiger charge is 2.20. The summed E-state index contributed by atoms with van der Waals surface area (Å²) in [6, 6.07) is 0.668. The van der Waals surface area contributed by atoms with Crippen LogP contribution in [0.25, 0.3) is 0 Å². The fourth-order valence-electron chi connectivity index (χ4n) is 1.41. The Kier molecular flexibility index (Phi) is 4.37. The molecule has 0 heterocycles. The fraction of sp³-hybridized carbons (Fsp3) is 0.818. The van der Waals surface area contributed by atoms with E-state index in [-0.39, 0.29) is 0 Å². The van der Waals surface area contributed by atoms with Gasteiger partial charge in [-0.15, -0.1) is 6.58 Å². The molecule has 0 aromatic rings. The maximum absolute atomic E-state index is 3.72. The number of rotatable bonds is 7. The van der Waals surface area contributed by atoms with Crippen molar-refractivity contribution in [2.75, 3.05) is 6.54 Å². The number of nitrogens with one attached hydrogen (secondary N) is 1. The molecular formula is C11H21N. The van der Waals surface area contributed by atoms with Gasteiger partial charge in [-0.2, -0.15) is 0 Å². The van der Waals surface area contributed by atoms with Crippen molar-refractivity contribution < 1.29 is 0 Å². The molecular weight excluding hydrogens is 146 g/mol. The summed E-state index contributed by atoms with van der Waals surface area (Å²) in [6.07, 6.45) is 8.70. The fourth-order valence-corrected chi connectivity index (χ4v) is 1.41. The Morgan fingerprint density at radius 1 is 1.58 bits per heavy atom. The van der Waals surface area contributed by atoms with Crippen LogP contribution < -0.4 is 5.32 Å². The minimum Gasteiger partial charge on any atom is -0.314 e. The Morgan fingerprint density at radius 2 is 2.33 bits per heavy atom. The van der Waals surface area contributed by atoms with Crippen LogP contribution in [-0.4, -0.2) is 12.6 Å². The molecule has 1 nitrogen and oxygen atoms in total. The van der Waals surface area contributed by atoms with Gasteiger partial charge < -0.3 is 5.32 Å². The third kappa shape index (κ3) is 4.55. The van der Waals surface area contributed by atoms with E-state index in [2.05, 4.69) is 18.8 Å². The van der Waals surface area contributed by atoms with E-state index in [1.54, 1.807) is 0 Å². The average molecular weight is 167 g/mol. The van der Waals surface area contributed by atoms with Crippen LogP contribution in [0, 0.1) is 5.92 Å². The summed E-state index contributed by atoms with van der Waals surface area (Å²) in [6.45, 7) is 7.19. The van der Waals surface area contributed by atoms with Crippen molar-refractivity contribution in [3.05, 3.63) is 12.7 Å². The van der Waals surface area contributed by atoms with Crippen LogP contribution in [0.15, 0.2) is 12.7 Å². The highest BCUT2D eigenvalue weighted by atomic mass is 14.9. The average Bonchev–Trinajstić information content (AvgIpc) is 2.84. The van der Waals surface area contributed by atoms with Gasteiger partial charge in [0.05, 0.1) is 0 Å². The van der Waals surface area contributed by atoms with Crippen LogP contribution >= 0.6 is 0 Å². The first kappa shape index (κ1) is 9.79. The zero-order valence-electron chi connectivity index (χ0n) is 8.18. The summed E-state index contributed by atoms with van der Waals surface area (Å²) in [7, 11) is 0. The van der Waals surface area contributed by atoms with E-state index in [4.69, 9.17) is 0 Å². The molecule has 1 aliphatic rings. The Bertz CT molecular complexity index is 127. The lowest BCUT2D eigenvalue weighted by Crippen LogP contribution is -2.26. The van der Waals surface area contributed by atoms with Crippen molar-refractivity contribution in [2.45, 2.75) is 45.1 Å². The van der Waals surface area contributed by atoms with Gasteiger partial charge in [0.15, 0.2) is 0 Å². The highest BCUT2D eigenvalue weighted by molar-refractivity contribution is 4.75. The van der Waals surface area contributed by atoms with Gasteiger partial charge in [0, 0.05) is 6.04 Å². The van der Waals surface area contributed by atoms with Crippen LogP contribution in [0.5, 0.6) is 0 Å². The summed E-state index contributed by atoms with van der Waals surface area (Å²) in [5.41, 5.74) is 0. The molecule has 1 aliphatic carbocycles. The van der Waals surface area contributed by atoms with Crippen LogP contribution in [0.4, 0.5) is 0 Å². The molecule has 0 aliphatic heterocycles. The topological polar surface area (TPSA) is 12.0 Å². The van der Waals surface area contributed by atoms with Gasteiger partial charge in [0.1, 0.15) is 0 Å². The van der Waals surface area contributed by atoms with E-state index in [0.717, 1.165) is 12.3 Å². The molecule has 0 spiro atoms. The molecule has 0 aromatic carbocycles. The molecule has 1 rings (SSSR count). The second-order valence-corrected chi connectivity index (χ2v) is 3.95. The van der Waals surface area contributed by atoms with Gasteiger partial charge in [-0.25, -0.2) is 0 Å². The van der Waals surface area contributed by atoms with Crippen molar-refractivity contribution in [1.29, 1.82) is 0 Å². The van der Waals surface area contributed by atoms with Crippen LogP contribution in [0.2, 0.25) is 0 Å². The lowest BCUT2D eigenvalue weighted by molar-refractivity contribution is 0.498. The predicted octanol–water partition coefficient (Wildman–Crippen LogP) is 2.73. The molecule has 1 atom stereocenters. The summed E-state index contributed by atoms with van der Waals surface area (Å²) in [4.78, 5) is 0. The molecule has 1 N–H and O–H groups in total. The van der Waals surface area contributed by atoms with Gasteiger partial charge in [0.25, 0.3) is 0 Å². The van der Waals surface area contributed by atoms with E-state index in [1.165, 1.54) is 32.2 Å². The molecule has 0 bridgehead atoms. The Labute approximate surface area is 76.2 Å². The molecule has 1 heteroatoms. The van der Waals surface area contributed by atoms with Crippen LogP contribution in [0.1, 0.15) is 39.0 Å². The zero-order valence-corrected chi connectivity index (χ0v) is 8.18. The summed E-state index contributed by atoms with van der Waals surface area (Å²) < 4.78 is 0. The monoisotopic (exact) mass is 167 g/mol. The predicted molar refractivity (Wildman–Crippen MR) is 54.2 cm³/mol. The number of hydrogen-bond acceptors (Lipinski definition) is 1. The largest absolute Gasteiger partial charge is 0.314 e. The van der Waals surface area contributed by atoms with Gasteiger partial charge >= 0.3 is 0 Å². The molecule has 0 radical (unpaired) electrons. The second kappa shape index (κ2) is 5.36. The molecule has 0 amide bonds. The van der Waals surface area contributed by atoms with Crippen LogP contribution in [0.3, 0.4) is 0 Å². The Morgan fingerprint density at radius 3 is 2.92 bits per heavy atom. The highest BCUT2D eigenvalue weighted by Crippen LogP contribution is 2.31. The smallest absolute Gasteiger partial charge is 0.00416 e. The molecule has 1 saturated carbocycles. The third-order valence-corrected chi connectivity index (χ3v) is 2.55. The lowest BCUT2D eigenvalue weighted by Gasteiger charge is -2.11. The molecule has 1 fully saturated rings. The molecule has 70 valence electrons. The maximum Gasteiger partial charge on any atom is 0.00416 e. The second-order valence-electron chi connectivity index (χ2n) is 3.95. The molecule has 12 heavy (non-hydrogen) atoms. The molecule has 1 unspecified atom stereocenters. The number of allylic oxidation sites excluding steroid dienone is 1. The van der Waals surface area contributed by atoms with Gasteiger partial charge in [-0.05, 0) is 38.6 Å². The maximum atomic E-state index is 3.72. The van der Waals surface area contributed by atoms with E-state index < -0.39 is 0 Å². The summed E-state index contributed by atoms with van der Waals surface area (Å²) in [5.74, 6) is 1.06. The van der Waals surface area contributed by atoms with E-state index >= 15 is 0 Å². The van der Waals surface area contributed by atoms with Gasteiger partial charge in [0.2, 0.25) is 0 Å². The van der Waals surface area contributed by atoms with Gasteiger partial charge in [-0.3, -0.25) is 0 Å². The lowest BCUT2D eigenvalue weighted by atomic mass is 10.2. The first-order valence-electron chi connectivity index (χ1n) is 5.17. The summed E-state index contributed by atoms with van der Waals surface area (Å²) in [5, 5.41) is 3.54.